The van der Waals surface area contributed by atoms with Crippen LogP contribution in [0.5, 0.6) is 11.5 Å². The molecule has 0 saturated carbocycles. The summed E-state index contributed by atoms with van der Waals surface area (Å²) in [5, 5.41) is 16.8. The van der Waals surface area contributed by atoms with Gasteiger partial charge in [0, 0.05) is 23.5 Å². The fraction of sp³-hybridized carbons (Fsp3) is 0.190. The number of anilines is 2. The molecular formula is C21H18FN7O. The van der Waals surface area contributed by atoms with Crippen LogP contribution in [-0.2, 0) is 5.41 Å². The average molecular weight is 403 g/mol. The maximum Gasteiger partial charge on any atom is 0.257 e. The molecule has 1 N–H and O–H groups in total. The van der Waals surface area contributed by atoms with E-state index in [1.54, 1.807) is 36.7 Å². The van der Waals surface area contributed by atoms with E-state index in [1.165, 1.54) is 4.52 Å². The van der Waals surface area contributed by atoms with Gasteiger partial charge in [-0.2, -0.15) is 24.1 Å². The Kier molecular flexibility index (Phi) is 4.75. The van der Waals surface area contributed by atoms with Gasteiger partial charge in [0.2, 0.25) is 11.9 Å². The number of nitrogens with one attached hydrogen (secondary N) is 1. The SMILES string of the molecule is CC(C)(C)c1c(C#N)c(F)nc2nc(Nc3ccc(Oc4ccncc4)cc3)nn12. The van der Waals surface area contributed by atoms with E-state index in [9.17, 15) is 9.65 Å². The van der Waals surface area contributed by atoms with Gasteiger partial charge in [0.05, 0.1) is 5.69 Å². The number of rotatable bonds is 4. The lowest BCUT2D eigenvalue weighted by atomic mass is 9.89. The first kappa shape index (κ1) is 19.3. The van der Waals surface area contributed by atoms with Gasteiger partial charge >= 0.3 is 0 Å². The molecule has 30 heavy (non-hydrogen) atoms. The zero-order chi connectivity index (χ0) is 21.3. The number of hydrogen-bond acceptors (Lipinski definition) is 7. The van der Waals surface area contributed by atoms with Crippen LogP contribution in [0.4, 0.5) is 16.0 Å². The third-order valence-corrected chi connectivity index (χ3v) is 4.26. The van der Waals surface area contributed by atoms with Crippen LogP contribution in [0.25, 0.3) is 5.78 Å². The summed E-state index contributed by atoms with van der Waals surface area (Å²) in [6.07, 6.45) is 3.31. The second-order valence-electron chi connectivity index (χ2n) is 7.57. The molecule has 3 heterocycles. The predicted octanol–water partition coefficient (Wildman–Crippen LogP) is 4.36. The van der Waals surface area contributed by atoms with Gasteiger partial charge in [0.1, 0.15) is 23.1 Å². The lowest BCUT2D eigenvalue weighted by Crippen LogP contribution is -2.21. The number of nitriles is 1. The van der Waals surface area contributed by atoms with E-state index in [4.69, 9.17) is 4.74 Å². The molecule has 0 unspecified atom stereocenters. The van der Waals surface area contributed by atoms with E-state index < -0.39 is 11.4 Å². The molecule has 0 aliphatic carbocycles. The van der Waals surface area contributed by atoms with Crippen LogP contribution in [0.2, 0.25) is 0 Å². The molecule has 4 rings (SSSR count). The van der Waals surface area contributed by atoms with Crippen LogP contribution in [0.1, 0.15) is 32.0 Å². The average Bonchev–Trinajstić information content (AvgIpc) is 3.09. The molecule has 0 bridgehead atoms. The standard InChI is InChI=1S/C21H18FN7O/c1-21(2,3)17-16(12-23)18(22)26-20-27-19(28-29(17)20)25-13-4-6-14(7-5-13)30-15-8-10-24-11-9-15/h4-11H,1-3H3,(H,25,28). The minimum Gasteiger partial charge on any atom is -0.457 e. The van der Waals surface area contributed by atoms with Crippen LogP contribution in [0, 0.1) is 17.3 Å². The minimum atomic E-state index is -0.855. The highest BCUT2D eigenvalue weighted by atomic mass is 19.1. The Morgan fingerprint density at radius 2 is 1.70 bits per heavy atom. The third-order valence-electron chi connectivity index (χ3n) is 4.26. The number of ether oxygens (including phenoxy) is 1. The molecule has 0 atom stereocenters. The van der Waals surface area contributed by atoms with E-state index >= 15 is 0 Å². The largest absolute Gasteiger partial charge is 0.457 e. The highest BCUT2D eigenvalue weighted by Crippen LogP contribution is 2.28. The Morgan fingerprint density at radius 1 is 1.03 bits per heavy atom. The lowest BCUT2D eigenvalue weighted by molar-refractivity contribution is 0.482. The Morgan fingerprint density at radius 3 is 2.33 bits per heavy atom. The molecule has 0 amide bonds. The van der Waals surface area contributed by atoms with Crippen molar-refractivity contribution in [3.05, 3.63) is 66.0 Å². The van der Waals surface area contributed by atoms with Gasteiger partial charge in [-0.05, 0) is 36.4 Å². The van der Waals surface area contributed by atoms with Gasteiger partial charge in [-0.1, -0.05) is 20.8 Å². The van der Waals surface area contributed by atoms with Gasteiger partial charge in [-0.3, -0.25) is 4.98 Å². The smallest absolute Gasteiger partial charge is 0.257 e. The van der Waals surface area contributed by atoms with E-state index in [0.29, 0.717) is 22.9 Å². The summed E-state index contributed by atoms with van der Waals surface area (Å²) in [7, 11) is 0. The monoisotopic (exact) mass is 403 g/mol. The fourth-order valence-corrected chi connectivity index (χ4v) is 3.00. The molecule has 1 aromatic carbocycles. The molecule has 0 aliphatic rings. The van der Waals surface area contributed by atoms with Crippen molar-refractivity contribution >= 4 is 17.4 Å². The summed E-state index contributed by atoms with van der Waals surface area (Å²) < 4.78 is 21.5. The van der Waals surface area contributed by atoms with Gasteiger partial charge in [-0.25, -0.2) is 0 Å². The number of hydrogen-bond donors (Lipinski definition) is 1. The summed E-state index contributed by atoms with van der Waals surface area (Å²) in [5.74, 6) is 0.810. The third kappa shape index (κ3) is 3.75. The topological polar surface area (TPSA) is 101 Å². The number of aromatic nitrogens is 5. The molecule has 0 spiro atoms. The number of fused-ring (bicyclic) bond motifs is 1. The zero-order valence-electron chi connectivity index (χ0n) is 16.6. The summed E-state index contributed by atoms with van der Waals surface area (Å²) in [4.78, 5) is 12.0. The van der Waals surface area contributed by atoms with Gasteiger partial charge in [0.25, 0.3) is 5.78 Å². The highest BCUT2D eigenvalue weighted by Gasteiger charge is 2.27. The molecule has 8 nitrogen and oxygen atoms in total. The lowest BCUT2D eigenvalue weighted by Gasteiger charge is -2.20. The maximum atomic E-state index is 14.3. The summed E-state index contributed by atoms with van der Waals surface area (Å²) >= 11 is 0. The quantitative estimate of drug-likeness (QED) is 0.505. The number of halogens is 1. The summed E-state index contributed by atoms with van der Waals surface area (Å²) in [6.45, 7) is 5.62. The first-order chi connectivity index (χ1) is 14.3. The van der Waals surface area contributed by atoms with Crippen molar-refractivity contribution in [3.8, 4) is 17.6 Å². The molecule has 4 aromatic rings. The van der Waals surface area contributed by atoms with Crippen molar-refractivity contribution < 1.29 is 9.13 Å². The van der Waals surface area contributed by atoms with Crippen LogP contribution in [0.3, 0.4) is 0 Å². The molecule has 0 aliphatic heterocycles. The molecule has 0 radical (unpaired) electrons. The normalized spacial score (nSPS) is 11.3. The van der Waals surface area contributed by atoms with Crippen LogP contribution >= 0.6 is 0 Å². The molecule has 9 heteroatoms. The van der Waals surface area contributed by atoms with E-state index in [0.717, 1.165) is 0 Å². The summed E-state index contributed by atoms with van der Waals surface area (Å²) in [5.41, 5.74) is 0.453. The van der Waals surface area contributed by atoms with E-state index in [-0.39, 0.29) is 17.3 Å². The van der Waals surface area contributed by atoms with Crippen molar-refractivity contribution in [1.82, 2.24) is 24.6 Å². The molecule has 0 fully saturated rings. The van der Waals surface area contributed by atoms with Crippen molar-refractivity contribution in [2.45, 2.75) is 26.2 Å². The fourth-order valence-electron chi connectivity index (χ4n) is 3.00. The van der Waals surface area contributed by atoms with Crippen LogP contribution in [-0.4, -0.2) is 24.6 Å². The van der Waals surface area contributed by atoms with Gasteiger partial charge < -0.3 is 10.1 Å². The molecular weight excluding hydrogens is 385 g/mol. The van der Waals surface area contributed by atoms with Crippen LogP contribution in [0.15, 0.2) is 48.8 Å². The van der Waals surface area contributed by atoms with E-state index in [2.05, 4.69) is 25.4 Å². The maximum absolute atomic E-state index is 14.3. The van der Waals surface area contributed by atoms with Crippen molar-refractivity contribution in [2.24, 2.45) is 0 Å². The second-order valence-corrected chi connectivity index (χ2v) is 7.57. The van der Waals surface area contributed by atoms with Gasteiger partial charge in [0.15, 0.2) is 0 Å². The number of benzene rings is 1. The Labute approximate surface area is 172 Å². The zero-order valence-corrected chi connectivity index (χ0v) is 16.6. The van der Waals surface area contributed by atoms with Crippen LogP contribution < -0.4 is 10.1 Å². The van der Waals surface area contributed by atoms with Gasteiger partial charge in [-0.15, -0.1) is 5.10 Å². The molecule has 150 valence electrons. The van der Waals surface area contributed by atoms with Crippen molar-refractivity contribution in [2.75, 3.05) is 5.32 Å². The molecule has 0 saturated heterocycles. The Bertz CT molecular complexity index is 1240. The minimum absolute atomic E-state index is 0.0802. The highest BCUT2D eigenvalue weighted by molar-refractivity contribution is 5.57. The second kappa shape index (κ2) is 7.40. The van der Waals surface area contributed by atoms with E-state index in [1.807, 2.05) is 39.0 Å². The Hall–Kier alpha value is -4.06. The van der Waals surface area contributed by atoms with Crippen molar-refractivity contribution in [3.63, 3.8) is 0 Å². The van der Waals surface area contributed by atoms with Crippen molar-refractivity contribution in [1.29, 1.82) is 5.26 Å². The summed E-state index contributed by atoms with van der Waals surface area (Å²) in [6, 6.07) is 12.6. The first-order valence-electron chi connectivity index (χ1n) is 9.17. The number of nitrogens with zero attached hydrogens (tertiary/aromatic N) is 6. The predicted molar refractivity (Wildman–Crippen MR) is 108 cm³/mol. The molecule has 3 aromatic heterocycles. The first-order valence-corrected chi connectivity index (χ1v) is 9.17. The number of pyridine rings is 1. The Balaban J connectivity index is 1.62.